The zero-order chi connectivity index (χ0) is 11.4. The van der Waals surface area contributed by atoms with Crippen molar-refractivity contribution in [3.05, 3.63) is 0 Å². The first-order valence-corrected chi connectivity index (χ1v) is 7.16. The number of aliphatic hydroxyl groups excluding tert-OH is 1. The molecule has 0 aromatic heterocycles. The van der Waals surface area contributed by atoms with Gasteiger partial charge in [-0.15, -0.1) is 0 Å². The lowest BCUT2D eigenvalue weighted by molar-refractivity contribution is 0.0338. The second-order valence-corrected chi connectivity index (χ2v) is 5.82. The van der Waals surface area contributed by atoms with Crippen LogP contribution in [0.5, 0.6) is 0 Å². The summed E-state index contributed by atoms with van der Waals surface area (Å²) < 4.78 is 0. The van der Waals surface area contributed by atoms with Crippen molar-refractivity contribution in [2.45, 2.75) is 64.0 Å². The van der Waals surface area contributed by atoms with E-state index >= 15 is 0 Å². The quantitative estimate of drug-likeness (QED) is 0.724. The van der Waals surface area contributed by atoms with Crippen LogP contribution in [0, 0.1) is 17.8 Å². The zero-order valence-electron chi connectivity index (χ0n) is 10.6. The van der Waals surface area contributed by atoms with E-state index in [9.17, 15) is 5.11 Å². The largest absolute Gasteiger partial charge is 0.378 e. The van der Waals surface area contributed by atoms with E-state index in [2.05, 4.69) is 5.32 Å². The van der Waals surface area contributed by atoms with Crippen molar-refractivity contribution in [3.8, 4) is 0 Å². The average Bonchev–Trinajstić information content (AvgIpc) is 2.39. The molecule has 2 aliphatic rings. The summed E-state index contributed by atoms with van der Waals surface area (Å²) in [5.74, 6) is 2.38. The van der Waals surface area contributed by atoms with Gasteiger partial charge < -0.3 is 5.11 Å². The molecule has 2 rings (SSSR count). The summed E-state index contributed by atoms with van der Waals surface area (Å²) >= 11 is 0. The first kappa shape index (κ1) is 12.4. The maximum atomic E-state index is 9.89. The smallest absolute Gasteiger partial charge is 0.107 e. The average molecular weight is 225 g/mol. The molecule has 0 saturated heterocycles. The maximum Gasteiger partial charge on any atom is 0.107 e. The molecule has 2 aliphatic carbocycles. The molecule has 2 nitrogen and oxygen atoms in total. The van der Waals surface area contributed by atoms with Crippen LogP contribution < -0.4 is 5.32 Å². The molecule has 2 fully saturated rings. The molecule has 0 bridgehead atoms. The monoisotopic (exact) mass is 225 g/mol. The van der Waals surface area contributed by atoms with Crippen molar-refractivity contribution in [1.29, 1.82) is 0 Å². The molecule has 3 unspecified atom stereocenters. The van der Waals surface area contributed by atoms with Crippen LogP contribution in [0.3, 0.4) is 0 Å². The predicted molar refractivity (Wildman–Crippen MR) is 67.1 cm³/mol. The van der Waals surface area contributed by atoms with Gasteiger partial charge in [0, 0.05) is 0 Å². The molecule has 0 aromatic rings. The third kappa shape index (κ3) is 2.98. The summed E-state index contributed by atoms with van der Waals surface area (Å²) in [6, 6.07) is 0. The molecule has 0 radical (unpaired) electrons. The highest BCUT2D eigenvalue weighted by Crippen LogP contribution is 2.40. The van der Waals surface area contributed by atoms with Crippen LogP contribution in [0.25, 0.3) is 0 Å². The Morgan fingerprint density at radius 2 is 1.62 bits per heavy atom. The van der Waals surface area contributed by atoms with Crippen molar-refractivity contribution in [3.63, 3.8) is 0 Å². The fraction of sp³-hybridized carbons (Fsp3) is 1.00. The molecule has 3 atom stereocenters. The maximum absolute atomic E-state index is 9.89. The lowest BCUT2D eigenvalue weighted by Gasteiger charge is -2.38. The van der Waals surface area contributed by atoms with Crippen molar-refractivity contribution in [2.24, 2.45) is 17.8 Å². The summed E-state index contributed by atoms with van der Waals surface area (Å²) in [5.41, 5.74) is 0. The van der Waals surface area contributed by atoms with E-state index in [-0.39, 0.29) is 6.23 Å². The van der Waals surface area contributed by atoms with Gasteiger partial charge in [-0.2, -0.15) is 0 Å². The Bertz CT molecular complexity index is 201. The van der Waals surface area contributed by atoms with E-state index in [4.69, 9.17) is 0 Å². The molecule has 0 aromatic carbocycles. The zero-order valence-corrected chi connectivity index (χ0v) is 10.6. The van der Waals surface area contributed by atoms with E-state index in [1.165, 1.54) is 57.8 Å². The molecule has 94 valence electrons. The molecule has 0 spiro atoms. The summed E-state index contributed by atoms with van der Waals surface area (Å²) in [7, 11) is 1.87. The van der Waals surface area contributed by atoms with Crippen LogP contribution in [0.2, 0.25) is 0 Å². The van der Waals surface area contributed by atoms with Crippen LogP contribution in [-0.4, -0.2) is 18.4 Å². The summed E-state index contributed by atoms with van der Waals surface area (Å²) in [6.07, 6.45) is 12.2. The number of hydrogen-bond acceptors (Lipinski definition) is 2. The lowest BCUT2D eigenvalue weighted by atomic mass is 9.70. The molecule has 0 heterocycles. The Morgan fingerprint density at radius 1 is 0.938 bits per heavy atom. The van der Waals surface area contributed by atoms with Crippen molar-refractivity contribution in [2.75, 3.05) is 7.05 Å². The van der Waals surface area contributed by atoms with Crippen LogP contribution in [-0.2, 0) is 0 Å². The first-order chi connectivity index (χ1) is 7.81. The highest BCUT2D eigenvalue weighted by atomic mass is 16.3. The van der Waals surface area contributed by atoms with Gasteiger partial charge >= 0.3 is 0 Å². The Labute approximate surface area is 99.8 Å². The summed E-state index contributed by atoms with van der Waals surface area (Å²) in [5, 5.41) is 12.9. The van der Waals surface area contributed by atoms with Crippen molar-refractivity contribution in [1.82, 2.24) is 5.32 Å². The minimum Gasteiger partial charge on any atom is -0.378 e. The van der Waals surface area contributed by atoms with Crippen molar-refractivity contribution < 1.29 is 5.11 Å². The van der Waals surface area contributed by atoms with Crippen LogP contribution in [0.15, 0.2) is 0 Å². The van der Waals surface area contributed by atoms with Gasteiger partial charge in [-0.05, 0) is 37.6 Å². The number of rotatable bonds is 3. The highest BCUT2D eigenvalue weighted by molar-refractivity contribution is 4.82. The third-order valence-corrected chi connectivity index (χ3v) is 4.81. The van der Waals surface area contributed by atoms with Crippen LogP contribution in [0.1, 0.15) is 57.8 Å². The van der Waals surface area contributed by atoms with E-state index in [1.807, 2.05) is 7.05 Å². The molecule has 16 heavy (non-hydrogen) atoms. The van der Waals surface area contributed by atoms with Gasteiger partial charge in [-0.1, -0.05) is 44.9 Å². The second-order valence-electron chi connectivity index (χ2n) is 5.82. The van der Waals surface area contributed by atoms with Gasteiger partial charge in [0.1, 0.15) is 6.23 Å². The van der Waals surface area contributed by atoms with Crippen molar-refractivity contribution >= 4 is 0 Å². The molecule has 2 N–H and O–H groups in total. The Balaban J connectivity index is 1.85. The second kappa shape index (κ2) is 6.02. The molecule has 2 heteroatoms. The van der Waals surface area contributed by atoms with E-state index in [0.717, 1.165) is 11.8 Å². The SMILES string of the molecule is CNC(O)C1CCCC(C2CCCCC2)C1. The fourth-order valence-corrected chi connectivity index (χ4v) is 3.82. The Hall–Kier alpha value is -0.0800. The van der Waals surface area contributed by atoms with Crippen LogP contribution in [0.4, 0.5) is 0 Å². The predicted octanol–water partition coefficient (Wildman–Crippen LogP) is 2.91. The molecule has 0 aliphatic heterocycles. The van der Waals surface area contributed by atoms with Gasteiger partial charge in [-0.25, -0.2) is 0 Å². The molecule has 2 saturated carbocycles. The molecular formula is C14H27NO. The van der Waals surface area contributed by atoms with Gasteiger partial charge in [0.25, 0.3) is 0 Å². The van der Waals surface area contributed by atoms with Gasteiger partial charge in [0.2, 0.25) is 0 Å². The normalized spacial score (nSPS) is 34.9. The van der Waals surface area contributed by atoms with Crippen LogP contribution >= 0.6 is 0 Å². The first-order valence-electron chi connectivity index (χ1n) is 7.16. The molecule has 0 amide bonds. The Kier molecular flexibility index (Phi) is 4.66. The standard InChI is InChI=1S/C14H27NO/c1-15-14(16)13-9-5-8-12(10-13)11-6-3-2-4-7-11/h11-16H,2-10H2,1H3. The molecular weight excluding hydrogens is 198 g/mol. The minimum atomic E-state index is -0.272. The highest BCUT2D eigenvalue weighted by Gasteiger charge is 2.31. The third-order valence-electron chi connectivity index (χ3n) is 4.81. The topological polar surface area (TPSA) is 32.3 Å². The van der Waals surface area contributed by atoms with E-state index < -0.39 is 0 Å². The van der Waals surface area contributed by atoms with E-state index in [1.54, 1.807) is 0 Å². The number of aliphatic hydroxyl groups is 1. The van der Waals surface area contributed by atoms with Gasteiger partial charge in [0.15, 0.2) is 0 Å². The minimum absolute atomic E-state index is 0.272. The lowest BCUT2D eigenvalue weighted by Crippen LogP contribution is -2.37. The number of hydrogen-bond donors (Lipinski definition) is 2. The van der Waals surface area contributed by atoms with Gasteiger partial charge in [-0.3, -0.25) is 5.32 Å². The fourth-order valence-electron chi connectivity index (χ4n) is 3.82. The number of nitrogens with one attached hydrogen (secondary N) is 1. The summed E-state index contributed by atoms with van der Waals surface area (Å²) in [4.78, 5) is 0. The van der Waals surface area contributed by atoms with Gasteiger partial charge in [0.05, 0.1) is 0 Å². The summed E-state index contributed by atoms with van der Waals surface area (Å²) in [6.45, 7) is 0. The van der Waals surface area contributed by atoms with E-state index in [0.29, 0.717) is 5.92 Å². The Morgan fingerprint density at radius 3 is 2.31 bits per heavy atom.